The van der Waals surface area contributed by atoms with Gasteiger partial charge in [-0.15, -0.1) is 11.3 Å². The number of benzene rings is 1. The van der Waals surface area contributed by atoms with Crippen molar-refractivity contribution >= 4 is 28.8 Å². The van der Waals surface area contributed by atoms with E-state index < -0.39 is 5.91 Å². The van der Waals surface area contributed by atoms with E-state index in [1.165, 1.54) is 17.5 Å². The Morgan fingerprint density at radius 1 is 1.11 bits per heavy atom. The molecule has 0 saturated heterocycles. The summed E-state index contributed by atoms with van der Waals surface area (Å²) in [6.45, 7) is 1.43. The maximum Gasteiger partial charge on any atom is 0.275 e. The standard InChI is InChI=1S/C18H17N5O4S/c24-16-14-10-28-18(22-14)11-2-1-3-12(8-11)27-7-6-26-5-4-19-17(25)15-13(21-16)9-20-23-15/h1-3,8-10H,4-7H2,(H,19,25)(H,20,23)(H,21,24). The predicted molar refractivity (Wildman–Crippen MR) is 103 cm³/mol. The molecule has 1 aliphatic heterocycles. The monoisotopic (exact) mass is 399 g/mol. The Balaban J connectivity index is 1.62. The highest BCUT2D eigenvalue weighted by Gasteiger charge is 2.18. The van der Waals surface area contributed by atoms with Gasteiger partial charge in [-0.3, -0.25) is 14.7 Å². The molecule has 0 atom stereocenters. The van der Waals surface area contributed by atoms with E-state index in [1.807, 2.05) is 24.3 Å². The van der Waals surface area contributed by atoms with Gasteiger partial charge in [0.15, 0.2) is 0 Å². The lowest BCUT2D eigenvalue weighted by Gasteiger charge is -2.09. The van der Waals surface area contributed by atoms with Crippen molar-refractivity contribution in [3.05, 3.63) is 47.2 Å². The summed E-state index contributed by atoms with van der Waals surface area (Å²) in [5, 5.41) is 14.2. The molecule has 2 amide bonds. The summed E-state index contributed by atoms with van der Waals surface area (Å²) < 4.78 is 11.2. The molecule has 0 radical (unpaired) electrons. The second kappa shape index (κ2) is 8.19. The molecular weight excluding hydrogens is 382 g/mol. The molecular formula is C18H17N5O4S. The first kappa shape index (κ1) is 18.1. The van der Waals surface area contributed by atoms with Crippen molar-refractivity contribution in [1.82, 2.24) is 20.5 Å². The number of fused-ring (bicyclic) bond motifs is 6. The molecule has 144 valence electrons. The molecule has 28 heavy (non-hydrogen) atoms. The maximum absolute atomic E-state index is 12.5. The van der Waals surface area contributed by atoms with E-state index in [0.717, 1.165) is 5.56 Å². The first-order valence-corrected chi connectivity index (χ1v) is 9.48. The average Bonchev–Trinajstić information content (AvgIpc) is 3.36. The summed E-state index contributed by atoms with van der Waals surface area (Å²) in [4.78, 5) is 29.2. The summed E-state index contributed by atoms with van der Waals surface area (Å²) in [5.74, 6) is -0.114. The number of carbonyl (C=O) groups is 2. The second-order valence-corrected chi connectivity index (χ2v) is 6.75. The van der Waals surface area contributed by atoms with E-state index in [-0.39, 0.29) is 23.0 Å². The third-order valence-electron chi connectivity index (χ3n) is 3.96. The number of ether oxygens (including phenoxy) is 2. The number of nitrogens with one attached hydrogen (secondary N) is 3. The lowest BCUT2D eigenvalue weighted by Crippen LogP contribution is -2.29. The summed E-state index contributed by atoms with van der Waals surface area (Å²) in [6.07, 6.45) is 1.38. The van der Waals surface area contributed by atoms with Gasteiger partial charge in [0.1, 0.15) is 28.8 Å². The molecule has 1 aliphatic rings. The molecule has 0 spiro atoms. The van der Waals surface area contributed by atoms with Crippen molar-refractivity contribution in [2.45, 2.75) is 0 Å². The Labute approximate surface area is 164 Å². The van der Waals surface area contributed by atoms with Crippen LogP contribution >= 0.6 is 11.3 Å². The number of H-pyrrole nitrogens is 1. The predicted octanol–water partition coefficient (Wildman–Crippen LogP) is 1.92. The zero-order valence-corrected chi connectivity index (χ0v) is 15.5. The Morgan fingerprint density at radius 3 is 2.96 bits per heavy atom. The SMILES string of the molecule is O=C1Nc2cn[nH]c2C(=O)NCCOCCOc2cccc(c2)-c2nc1cs2. The van der Waals surface area contributed by atoms with Crippen LogP contribution < -0.4 is 15.4 Å². The number of thiazole rings is 1. The largest absolute Gasteiger partial charge is 0.491 e. The Hall–Kier alpha value is -3.24. The number of anilines is 1. The van der Waals surface area contributed by atoms with Crippen molar-refractivity contribution in [3.8, 4) is 16.3 Å². The highest BCUT2D eigenvalue weighted by molar-refractivity contribution is 7.13. The van der Waals surface area contributed by atoms with Crippen LogP contribution in [0.5, 0.6) is 5.75 Å². The minimum atomic E-state index is -0.421. The van der Waals surface area contributed by atoms with Gasteiger partial charge in [-0.2, -0.15) is 5.10 Å². The van der Waals surface area contributed by atoms with Gasteiger partial charge in [0, 0.05) is 17.5 Å². The van der Waals surface area contributed by atoms with Gasteiger partial charge in [-0.25, -0.2) is 4.98 Å². The molecule has 1 aromatic carbocycles. The molecule has 3 N–H and O–H groups in total. The summed E-state index contributed by atoms with van der Waals surface area (Å²) in [5.41, 5.74) is 1.57. The van der Waals surface area contributed by atoms with E-state index in [2.05, 4.69) is 25.8 Å². The topological polar surface area (TPSA) is 118 Å². The summed E-state index contributed by atoms with van der Waals surface area (Å²) in [7, 11) is 0. The van der Waals surface area contributed by atoms with Crippen molar-refractivity contribution in [2.75, 3.05) is 31.7 Å². The van der Waals surface area contributed by atoms with Crippen LogP contribution in [0.1, 0.15) is 21.0 Å². The minimum absolute atomic E-state index is 0.168. The molecule has 0 aliphatic carbocycles. The molecule has 0 unspecified atom stereocenters. The fourth-order valence-electron chi connectivity index (χ4n) is 2.62. The lowest BCUT2D eigenvalue weighted by molar-refractivity contribution is 0.0864. The zero-order valence-electron chi connectivity index (χ0n) is 14.7. The molecule has 4 rings (SSSR count). The van der Waals surface area contributed by atoms with Gasteiger partial charge < -0.3 is 20.1 Å². The molecule has 2 aromatic heterocycles. The Morgan fingerprint density at radius 2 is 2.04 bits per heavy atom. The van der Waals surface area contributed by atoms with Crippen LogP contribution in [0.15, 0.2) is 35.8 Å². The Bertz CT molecular complexity index is 999. The number of hydrogen-bond acceptors (Lipinski definition) is 7. The van der Waals surface area contributed by atoms with E-state index in [1.54, 1.807) is 5.38 Å². The van der Waals surface area contributed by atoms with Gasteiger partial charge in [0.25, 0.3) is 11.8 Å². The van der Waals surface area contributed by atoms with Crippen LogP contribution in [0.3, 0.4) is 0 Å². The number of rotatable bonds is 0. The third-order valence-corrected chi connectivity index (χ3v) is 4.85. The average molecular weight is 399 g/mol. The van der Waals surface area contributed by atoms with E-state index in [9.17, 15) is 9.59 Å². The van der Waals surface area contributed by atoms with Crippen molar-refractivity contribution in [1.29, 1.82) is 0 Å². The Kier molecular flexibility index (Phi) is 5.31. The molecule has 3 heterocycles. The van der Waals surface area contributed by atoms with Gasteiger partial charge in [-0.1, -0.05) is 12.1 Å². The molecule has 3 aromatic rings. The number of hydrogen-bond donors (Lipinski definition) is 3. The van der Waals surface area contributed by atoms with E-state index in [0.29, 0.717) is 37.1 Å². The fourth-order valence-corrected chi connectivity index (χ4v) is 3.41. The summed E-state index contributed by atoms with van der Waals surface area (Å²) in [6, 6.07) is 7.50. The van der Waals surface area contributed by atoms with Gasteiger partial charge in [0.2, 0.25) is 0 Å². The van der Waals surface area contributed by atoms with Gasteiger partial charge in [-0.05, 0) is 12.1 Å². The van der Waals surface area contributed by atoms with Gasteiger partial charge in [0.05, 0.1) is 25.1 Å². The van der Waals surface area contributed by atoms with Crippen LogP contribution in [0.4, 0.5) is 5.69 Å². The fraction of sp³-hybridized carbons (Fsp3) is 0.222. The lowest BCUT2D eigenvalue weighted by atomic mass is 10.2. The first-order chi connectivity index (χ1) is 13.7. The maximum atomic E-state index is 12.5. The highest BCUT2D eigenvalue weighted by Crippen LogP contribution is 2.27. The molecule has 10 heteroatoms. The van der Waals surface area contributed by atoms with Crippen LogP contribution in [0.2, 0.25) is 0 Å². The van der Waals surface area contributed by atoms with Crippen LogP contribution in [-0.4, -0.2) is 53.4 Å². The number of amides is 2. The highest BCUT2D eigenvalue weighted by atomic mass is 32.1. The third kappa shape index (κ3) is 4.02. The number of carbonyl (C=O) groups excluding carboxylic acids is 2. The van der Waals surface area contributed by atoms with Crippen LogP contribution in [-0.2, 0) is 4.74 Å². The molecule has 4 bridgehead atoms. The summed E-state index contributed by atoms with van der Waals surface area (Å²) >= 11 is 1.35. The quantitative estimate of drug-likeness (QED) is 0.532. The smallest absolute Gasteiger partial charge is 0.275 e. The van der Waals surface area contributed by atoms with Crippen molar-refractivity contribution < 1.29 is 19.1 Å². The molecule has 0 fully saturated rings. The molecule has 0 saturated carbocycles. The van der Waals surface area contributed by atoms with Crippen LogP contribution in [0.25, 0.3) is 10.6 Å². The van der Waals surface area contributed by atoms with E-state index in [4.69, 9.17) is 9.47 Å². The zero-order chi connectivity index (χ0) is 19.3. The van der Waals surface area contributed by atoms with Crippen LogP contribution in [0, 0.1) is 0 Å². The number of aromatic amines is 1. The number of nitrogens with zero attached hydrogens (tertiary/aromatic N) is 2. The molecule has 9 nitrogen and oxygen atoms in total. The number of aromatic nitrogens is 3. The minimum Gasteiger partial charge on any atom is -0.491 e. The normalized spacial score (nSPS) is 15.4. The van der Waals surface area contributed by atoms with Crippen molar-refractivity contribution in [3.63, 3.8) is 0 Å². The van der Waals surface area contributed by atoms with Crippen molar-refractivity contribution in [2.24, 2.45) is 0 Å². The van der Waals surface area contributed by atoms with Gasteiger partial charge >= 0.3 is 0 Å². The van der Waals surface area contributed by atoms with E-state index >= 15 is 0 Å². The first-order valence-electron chi connectivity index (χ1n) is 8.60. The second-order valence-electron chi connectivity index (χ2n) is 5.90.